The maximum atomic E-state index is 12.6. The molecule has 1 aromatic carbocycles. The molecule has 0 saturated heterocycles. The van der Waals surface area contributed by atoms with Gasteiger partial charge < -0.3 is 14.2 Å². The van der Waals surface area contributed by atoms with Gasteiger partial charge in [0.1, 0.15) is 11.5 Å². The van der Waals surface area contributed by atoms with E-state index in [0.717, 1.165) is 18.6 Å². The first-order valence-corrected chi connectivity index (χ1v) is 9.52. The molecule has 5 heteroatoms. The summed E-state index contributed by atoms with van der Waals surface area (Å²) in [5.74, 6) is 0.00130. The molecular weight excluding hydrogens is 332 g/mol. The lowest BCUT2D eigenvalue weighted by molar-refractivity contribution is -0.159. The highest BCUT2D eigenvalue weighted by molar-refractivity contribution is 5.83. The number of esters is 2. The van der Waals surface area contributed by atoms with Gasteiger partial charge in [0.15, 0.2) is 0 Å². The fraction of sp³-hybridized carbons (Fsp3) is 0.619. The van der Waals surface area contributed by atoms with Crippen LogP contribution in [-0.2, 0) is 14.3 Å². The summed E-state index contributed by atoms with van der Waals surface area (Å²) in [5, 5.41) is 0. The Kier molecular flexibility index (Phi) is 7.49. The molecule has 0 amide bonds. The van der Waals surface area contributed by atoms with Crippen molar-refractivity contribution in [3.8, 4) is 11.5 Å². The van der Waals surface area contributed by atoms with E-state index in [1.807, 2.05) is 27.7 Å². The van der Waals surface area contributed by atoms with Crippen molar-refractivity contribution in [2.45, 2.75) is 59.5 Å². The van der Waals surface area contributed by atoms with E-state index in [-0.39, 0.29) is 24.0 Å². The minimum Gasteiger partial charge on any atom is -0.491 e. The Morgan fingerprint density at radius 2 is 1.46 bits per heavy atom. The van der Waals surface area contributed by atoms with Crippen molar-refractivity contribution in [2.75, 3.05) is 6.61 Å². The standard InChI is InChI=1S/C21H30O5/c1-14(2)13-24-20(22)18-7-5-6-8-19(18)21(23)26-17-11-9-16(10-12-17)25-15(3)4/h9-12,14-15,18-19H,5-8,13H2,1-4H3. The minimum absolute atomic E-state index is 0.0863. The third-order valence-corrected chi connectivity index (χ3v) is 4.34. The summed E-state index contributed by atoms with van der Waals surface area (Å²) in [6.07, 6.45) is 3.29. The number of ether oxygens (including phenoxy) is 3. The van der Waals surface area contributed by atoms with Gasteiger partial charge in [-0.3, -0.25) is 9.59 Å². The Morgan fingerprint density at radius 1 is 0.923 bits per heavy atom. The van der Waals surface area contributed by atoms with E-state index < -0.39 is 11.8 Å². The first-order valence-electron chi connectivity index (χ1n) is 9.52. The van der Waals surface area contributed by atoms with Crippen LogP contribution in [0.4, 0.5) is 0 Å². The third kappa shape index (κ3) is 6.04. The van der Waals surface area contributed by atoms with Gasteiger partial charge in [-0.2, -0.15) is 0 Å². The molecule has 1 aliphatic carbocycles. The van der Waals surface area contributed by atoms with Crippen molar-refractivity contribution >= 4 is 11.9 Å². The molecule has 144 valence electrons. The largest absolute Gasteiger partial charge is 0.491 e. The number of carbonyl (C=O) groups is 2. The van der Waals surface area contributed by atoms with Crippen LogP contribution in [0.1, 0.15) is 53.4 Å². The molecule has 2 atom stereocenters. The van der Waals surface area contributed by atoms with Crippen LogP contribution in [0.2, 0.25) is 0 Å². The van der Waals surface area contributed by atoms with Crippen molar-refractivity contribution < 1.29 is 23.8 Å². The van der Waals surface area contributed by atoms with Crippen LogP contribution >= 0.6 is 0 Å². The molecular formula is C21H30O5. The van der Waals surface area contributed by atoms with Crippen molar-refractivity contribution in [2.24, 2.45) is 17.8 Å². The predicted molar refractivity (Wildman–Crippen MR) is 99.1 cm³/mol. The number of carbonyl (C=O) groups excluding carboxylic acids is 2. The zero-order chi connectivity index (χ0) is 19.1. The summed E-state index contributed by atoms with van der Waals surface area (Å²) in [5.41, 5.74) is 0. The van der Waals surface area contributed by atoms with Gasteiger partial charge in [-0.1, -0.05) is 26.7 Å². The maximum absolute atomic E-state index is 12.6. The molecule has 2 unspecified atom stereocenters. The summed E-state index contributed by atoms with van der Waals surface area (Å²) in [6.45, 7) is 8.28. The van der Waals surface area contributed by atoms with Crippen LogP contribution < -0.4 is 9.47 Å². The Hall–Kier alpha value is -2.04. The number of hydrogen-bond donors (Lipinski definition) is 0. The van der Waals surface area contributed by atoms with Crippen LogP contribution in [0.25, 0.3) is 0 Å². The van der Waals surface area contributed by atoms with Gasteiger partial charge in [0.05, 0.1) is 24.5 Å². The van der Waals surface area contributed by atoms with E-state index in [9.17, 15) is 9.59 Å². The van der Waals surface area contributed by atoms with Gasteiger partial charge in [-0.25, -0.2) is 0 Å². The van der Waals surface area contributed by atoms with Crippen molar-refractivity contribution in [1.82, 2.24) is 0 Å². The van der Waals surface area contributed by atoms with E-state index in [2.05, 4.69) is 0 Å². The van der Waals surface area contributed by atoms with E-state index >= 15 is 0 Å². The molecule has 0 radical (unpaired) electrons. The second-order valence-electron chi connectivity index (χ2n) is 7.58. The molecule has 0 heterocycles. The van der Waals surface area contributed by atoms with E-state index in [4.69, 9.17) is 14.2 Å². The Labute approximate surface area is 156 Å². The number of benzene rings is 1. The predicted octanol–water partition coefficient (Wildman–Crippen LogP) is 4.38. The Morgan fingerprint density at radius 3 is 2.00 bits per heavy atom. The van der Waals surface area contributed by atoms with E-state index in [0.29, 0.717) is 25.2 Å². The molecule has 2 rings (SSSR count). The molecule has 0 bridgehead atoms. The van der Waals surface area contributed by atoms with Gasteiger partial charge >= 0.3 is 11.9 Å². The molecule has 0 spiro atoms. The van der Waals surface area contributed by atoms with E-state index in [1.54, 1.807) is 24.3 Å². The third-order valence-electron chi connectivity index (χ3n) is 4.34. The van der Waals surface area contributed by atoms with Gasteiger partial charge in [-0.15, -0.1) is 0 Å². The van der Waals surface area contributed by atoms with Crippen molar-refractivity contribution in [3.05, 3.63) is 24.3 Å². The van der Waals surface area contributed by atoms with Gasteiger partial charge in [-0.05, 0) is 56.9 Å². The second kappa shape index (κ2) is 9.60. The lowest BCUT2D eigenvalue weighted by Gasteiger charge is -2.28. The molecule has 0 N–H and O–H groups in total. The van der Waals surface area contributed by atoms with E-state index in [1.165, 1.54) is 0 Å². The summed E-state index contributed by atoms with van der Waals surface area (Å²) in [7, 11) is 0. The average Bonchev–Trinajstić information content (AvgIpc) is 2.60. The molecule has 1 aromatic rings. The lowest BCUT2D eigenvalue weighted by Crippen LogP contribution is -2.36. The lowest BCUT2D eigenvalue weighted by atomic mass is 9.79. The quantitative estimate of drug-likeness (QED) is 0.532. The highest BCUT2D eigenvalue weighted by Gasteiger charge is 2.38. The normalized spacial score (nSPS) is 20.1. The maximum Gasteiger partial charge on any atom is 0.315 e. The smallest absolute Gasteiger partial charge is 0.315 e. The van der Waals surface area contributed by atoms with Crippen molar-refractivity contribution in [1.29, 1.82) is 0 Å². The number of rotatable bonds is 7. The number of hydrogen-bond acceptors (Lipinski definition) is 5. The monoisotopic (exact) mass is 362 g/mol. The van der Waals surface area contributed by atoms with Crippen LogP contribution in [0, 0.1) is 17.8 Å². The first kappa shape index (κ1) is 20.3. The molecule has 26 heavy (non-hydrogen) atoms. The highest BCUT2D eigenvalue weighted by atomic mass is 16.5. The van der Waals surface area contributed by atoms with Crippen molar-refractivity contribution in [3.63, 3.8) is 0 Å². The molecule has 5 nitrogen and oxygen atoms in total. The molecule has 1 aliphatic rings. The fourth-order valence-corrected chi connectivity index (χ4v) is 3.10. The molecule has 0 aliphatic heterocycles. The SMILES string of the molecule is CC(C)COC(=O)C1CCCCC1C(=O)Oc1ccc(OC(C)C)cc1. The minimum atomic E-state index is -0.435. The van der Waals surface area contributed by atoms with Gasteiger partial charge in [0, 0.05) is 0 Å². The molecule has 1 fully saturated rings. The summed E-state index contributed by atoms with van der Waals surface area (Å²) >= 11 is 0. The zero-order valence-corrected chi connectivity index (χ0v) is 16.2. The fourth-order valence-electron chi connectivity index (χ4n) is 3.10. The first-order chi connectivity index (χ1) is 12.4. The topological polar surface area (TPSA) is 61.8 Å². The van der Waals surface area contributed by atoms with Gasteiger partial charge in [0.2, 0.25) is 0 Å². The van der Waals surface area contributed by atoms with Crippen LogP contribution in [0.3, 0.4) is 0 Å². The molecule has 0 aromatic heterocycles. The summed E-state index contributed by atoms with van der Waals surface area (Å²) < 4.78 is 16.5. The summed E-state index contributed by atoms with van der Waals surface area (Å²) in [6, 6.07) is 6.98. The Bertz CT molecular complexity index is 591. The van der Waals surface area contributed by atoms with Gasteiger partial charge in [0.25, 0.3) is 0 Å². The molecule has 1 saturated carbocycles. The second-order valence-corrected chi connectivity index (χ2v) is 7.58. The summed E-state index contributed by atoms with van der Waals surface area (Å²) in [4.78, 5) is 25.0. The zero-order valence-electron chi connectivity index (χ0n) is 16.2. The average molecular weight is 362 g/mol. The van der Waals surface area contributed by atoms with Crippen LogP contribution in [0.5, 0.6) is 11.5 Å². The van der Waals surface area contributed by atoms with Crippen LogP contribution in [0.15, 0.2) is 24.3 Å². The highest BCUT2D eigenvalue weighted by Crippen LogP contribution is 2.33. The van der Waals surface area contributed by atoms with Crippen LogP contribution in [-0.4, -0.2) is 24.6 Å². The Balaban J connectivity index is 1.98.